The quantitative estimate of drug-likeness (QED) is 0.867. The van der Waals surface area contributed by atoms with E-state index in [0.717, 1.165) is 0 Å². The van der Waals surface area contributed by atoms with Crippen molar-refractivity contribution in [1.82, 2.24) is 0 Å². The molecule has 5 nitrogen and oxygen atoms in total. The first kappa shape index (κ1) is 13.6. The number of carbonyl (C=O) groups is 1. The molecule has 6 heteroatoms. The van der Waals surface area contributed by atoms with Crippen LogP contribution in [0.15, 0.2) is 12.1 Å². The maximum atomic E-state index is 14.2. The minimum Gasteiger partial charge on any atom is -0.480 e. The molecule has 1 aliphatic heterocycles. The molecule has 0 fully saturated rings. The molecule has 1 atom stereocenters. The predicted octanol–water partition coefficient (Wildman–Crippen LogP) is 1.57. The topological polar surface area (TPSA) is 81.8 Å². The van der Waals surface area contributed by atoms with E-state index in [4.69, 9.17) is 20.3 Å². The average molecular weight is 269 g/mol. The number of nitrogens with two attached hydrogens (primary N) is 1. The number of carboxylic acid groups (broad SMARTS) is 1. The third kappa shape index (κ3) is 2.78. The molecule has 1 aromatic rings. The Bertz CT molecular complexity index is 510. The van der Waals surface area contributed by atoms with E-state index in [-0.39, 0.29) is 13.2 Å². The summed E-state index contributed by atoms with van der Waals surface area (Å²) >= 11 is 0. The maximum absolute atomic E-state index is 14.2. The molecule has 1 aliphatic rings. The summed E-state index contributed by atoms with van der Waals surface area (Å²) in [6.45, 7) is 2.89. The van der Waals surface area contributed by atoms with E-state index in [1.807, 2.05) is 0 Å². The van der Waals surface area contributed by atoms with Gasteiger partial charge < -0.3 is 20.3 Å². The second-order valence-corrected chi connectivity index (χ2v) is 4.98. The van der Waals surface area contributed by atoms with Gasteiger partial charge in [0.15, 0.2) is 11.5 Å². The van der Waals surface area contributed by atoms with Crippen molar-refractivity contribution in [2.24, 2.45) is 5.73 Å². The van der Waals surface area contributed by atoms with E-state index in [1.165, 1.54) is 13.8 Å². The standard InChI is InChI=1S/C13H16FNO4/c1-13(2,14)8-5-11-10(18-6-19-11)4-7(8)3-9(15)12(16)17/h4-5,9H,3,6,15H2,1-2H3,(H,16,17). The molecule has 0 aromatic heterocycles. The second kappa shape index (κ2) is 4.70. The number of fused-ring (bicyclic) bond motifs is 1. The molecule has 2 rings (SSSR count). The van der Waals surface area contributed by atoms with Gasteiger partial charge in [-0.1, -0.05) is 0 Å². The van der Waals surface area contributed by atoms with Crippen molar-refractivity contribution >= 4 is 5.97 Å². The van der Waals surface area contributed by atoms with Gasteiger partial charge in [0.1, 0.15) is 11.7 Å². The van der Waals surface area contributed by atoms with Crippen LogP contribution in [0, 0.1) is 0 Å². The summed E-state index contributed by atoms with van der Waals surface area (Å²) in [4.78, 5) is 10.8. The zero-order valence-corrected chi connectivity index (χ0v) is 10.8. The summed E-state index contributed by atoms with van der Waals surface area (Å²) in [5.41, 5.74) is 4.78. The summed E-state index contributed by atoms with van der Waals surface area (Å²) < 4.78 is 24.6. The zero-order chi connectivity index (χ0) is 14.2. The van der Waals surface area contributed by atoms with Gasteiger partial charge in [0.2, 0.25) is 6.79 Å². The summed E-state index contributed by atoms with van der Waals surface area (Å²) in [5, 5.41) is 8.86. The fraction of sp³-hybridized carbons (Fsp3) is 0.462. The number of alkyl halides is 1. The van der Waals surface area contributed by atoms with Crippen molar-refractivity contribution in [2.75, 3.05) is 6.79 Å². The highest BCUT2D eigenvalue weighted by Gasteiger charge is 2.28. The van der Waals surface area contributed by atoms with Gasteiger partial charge in [-0.3, -0.25) is 4.79 Å². The molecule has 104 valence electrons. The first-order valence-corrected chi connectivity index (χ1v) is 5.89. The molecule has 0 spiro atoms. The largest absolute Gasteiger partial charge is 0.480 e. The van der Waals surface area contributed by atoms with Crippen molar-refractivity contribution in [3.05, 3.63) is 23.3 Å². The van der Waals surface area contributed by atoms with E-state index in [0.29, 0.717) is 22.6 Å². The van der Waals surface area contributed by atoms with Crippen molar-refractivity contribution < 1.29 is 23.8 Å². The summed E-state index contributed by atoms with van der Waals surface area (Å²) in [6.07, 6.45) is 0.0364. The fourth-order valence-electron chi connectivity index (χ4n) is 2.03. The molecule has 1 unspecified atom stereocenters. The second-order valence-electron chi connectivity index (χ2n) is 4.98. The van der Waals surface area contributed by atoms with Crippen LogP contribution in [0.4, 0.5) is 4.39 Å². The van der Waals surface area contributed by atoms with Crippen LogP contribution in [0.1, 0.15) is 25.0 Å². The van der Waals surface area contributed by atoms with Crippen LogP contribution >= 0.6 is 0 Å². The van der Waals surface area contributed by atoms with Crippen LogP contribution in [-0.4, -0.2) is 23.9 Å². The summed E-state index contributed by atoms with van der Waals surface area (Å²) in [7, 11) is 0. The Morgan fingerprint density at radius 1 is 1.47 bits per heavy atom. The number of aliphatic carboxylic acids is 1. The SMILES string of the molecule is CC(C)(F)c1cc2c(cc1CC(N)C(=O)O)OCO2. The van der Waals surface area contributed by atoms with E-state index < -0.39 is 17.7 Å². The molecule has 0 aliphatic carbocycles. The highest BCUT2D eigenvalue weighted by atomic mass is 19.1. The molecule has 3 N–H and O–H groups in total. The number of benzene rings is 1. The number of hydrogen-bond acceptors (Lipinski definition) is 4. The lowest BCUT2D eigenvalue weighted by Crippen LogP contribution is -2.33. The average Bonchev–Trinajstić information content (AvgIpc) is 2.73. The van der Waals surface area contributed by atoms with Crippen molar-refractivity contribution in [2.45, 2.75) is 32.0 Å². The highest BCUT2D eigenvalue weighted by Crippen LogP contribution is 2.39. The molecule has 0 saturated carbocycles. The Labute approximate surface area is 110 Å². The molecule has 0 radical (unpaired) electrons. The molecule has 1 aromatic carbocycles. The van der Waals surface area contributed by atoms with Crippen LogP contribution in [0.3, 0.4) is 0 Å². The van der Waals surface area contributed by atoms with Crippen molar-refractivity contribution in [3.63, 3.8) is 0 Å². The number of hydrogen-bond donors (Lipinski definition) is 2. The molecule has 0 saturated heterocycles. The number of carboxylic acids is 1. The van der Waals surface area contributed by atoms with E-state index in [9.17, 15) is 9.18 Å². The molecule has 0 bridgehead atoms. The zero-order valence-electron chi connectivity index (χ0n) is 10.8. The molecule has 19 heavy (non-hydrogen) atoms. The Kier molecular flexibility index (Phi) is 3.36. The number of rotatable bonds is 4. The van der Waals surface area contributed by atoms with E-state index in [2.05, 4.69) is 0 Å². The van der Waals surface area contributed by atoms with E-state index in [1.54, 1.807) is 12.1 Å². The summed E-state index contributed by atoms with van der Waals surface area (Å²) in [5.74, 6) is -0.172. The first-order valence-electron chi connectivity index (χ1n) is 5.89. The lowest BCUT2D eigenvalue weighted by atomic mass is 9.90. The lowest BCUT2D eigenvalue weighted by Gasteiger charge is -2.20. The molecule has 0 amide bonds. The van der Waals surface area contributed by atoms with Crippen molar-refractivity contribution in [1.29, 1.82) is 0 Å². The monoisotopic (exact) mass is 269 g/mol. The highest BCUT2D eigenvalue weighted by molar-refractivity contribution is 5.73. The van der Waals surface area contributed by atoms with Crippen LogP contribution in [0.2, 0.25) is 0 Å². The molecule has 1 heterocycles. The first-order chi connectivity index (χ1) is 8.79. The van der Waals surface area contributed by atoms with Gasteiger partial charge in [-0.15, -0.1) is 0 Å². The van der Waals surface area contributed by atoms with Crippen LogP contribution in [0.25, 0.3) is 0 Å². The Morgan fingerprint density at radius 3 is 2.58 bits per heavy atom. The van der Waals surface area contributed by atoms with Gasteiger partial charge in [0, 0.05) is 0 Å². The van der Waals surface area contributed by atoms with Gasteiger partial charge in [-0.05, 0) is 43.5 Å². The number of halogens is 1. The van der Waals surface area contributed by atoms with Crippen LogP contribution < -0.4 is 15.2 Å². The Morgan fingerprint density at radius 2 is 2.05 bits per heavy atom. The van der Waals surface area contributed by atoms with Gasteiger partial charge in [0.25, 0.3) is 0 Å². The molecular weight excluding hydrogens is 253 g/mol. The van der Waals surface area contributed by atoms with Gasteiger partial charge in [-0.25, -0.2) is 4.39 Å². The fourth-order valence-corrected chi connectivity index (χ4v) is 2.03. The third-order valence-corrected chi connectivity index (χ3v) is 3.00. The normalized spacial score (nSPS) is 15.4. The third-order valence-electron chi connectivity index (χ3n) is 3.00. The summed E-state index contributed by atoms with van der Waals surface area (Å²) in [6, 6.07) is 2.06. The molecular formula is C13H16FNO4. The minimum absolute atomic E-state index is 0.0364. The van der Waals surface area contributed by atoms with Crippen LogP contribution in [-0.2, 0) is 16.9 Å². The Balaban J connectivity index is 2.43. The van der Waals surface area contributed by atoms with Crippen molar-refractivity contribution in [3.8, 4) is 11.5 Å². The van der Waals surface area contributed by atoms with E-state index >= 15 is 0 Å². The lowest BCUT2D eigenvalue weighted by molar-refractivity contribution is -0.138. The predicted molar refractivity (Wildman–Crippen MR) is 66.0 cm³/mol. The smallest absolute Gasteiger partial charge is 0.320 e. The maximum Gasteiger partial charge on any atom is 0.320 e. The minimum atomic E-state index is -1.62. The van der Waals surface area contributed by atoms with Gasteiger partial charge in [0.05, 0.1) is 0 Å². The Hall–Kier alpha value is -1.82. The van der Waals surface area contributed by atoms with Gasteiger partial charge >= 0.3 is 5.97 Å². The van der Waals surface area contributed by atoms with Crippen LogP contribution in [0.5, 0.6) is 11.5 Å². The number of ether oxygens (including phenoxy) is 2. The van der Waals surface area contributed by atoms with Gasteiger partial charge in [-0.2, -0.15) is 0 Å².